The summed E-state index contributed by atoms with van der Waals surface area (Å²) in [5.74, 6) is 1.34. The Morgan fingerprint density at radius 1 is 0.641 bits per heavy atom. The number of aromatic hydroxyl groups is 2. The first-order chi connectivity index (χ1) is 18.9. The smallest absolute Gasteiger partial charge is 0.308 e. The van der Waals surface area contributed by atoms with Gasteiger partial charge in [0.25, 0.3) is 0 Å². The van der Waals surface area contributed by atoms with Crippen LogP contribution in [0.4, 0.5) is 0 Å². The number of rotatable bonds is 5. The van der Waals surface area contributed by atoms with Crippen LogP contribution in [0.15, 0.2) is 72.8 Å². The number of benzene rings is 4. The molecule has 0 aliphatic heterocycles. The van der Waals surface area contributed by atoms with Gasteiger partial charge in [0, 0.05) is 32.6 Å². The third-order valence-electron chi connectivity index (χ3n) is 7.28. The first kappa shape index (κ1) is 26.4. The minimum atomic E-state index is -0.414. The number of carbonyl (C=O) groups is 1. The van der Waals surface area contributed by atoms with Crippen LogP contribution in [0.2, 0.25) is 0 Å². The van der Waals surface area contributed by atoms with E-state index in [1.54, 1.807) is 0 Å². The maximum absolute atomic E-state index is 12.1. The highest BCUT2D eigenvalue weighted by Crippen LogP contribution is 2.38. The summed E-state index contributed by atoms with van der Waals surface area (Å²) >= 11 is 0. The fourth-order valence-corrected chi connectivity index (χ4v) is 5.29. The van der Waals surface area contributed by atoms with Crippen LogP contribution in [0.5, 0.6) is 23.0 Å². The molecule has 0 fully saturated rings. The quantitative estimate of drug-likeness (QED) is 0.150. The SMILES string of the molecule is CCCCOc1c2cccc1Cc1cccc(c1O)Cc1cccc(c1OC(C)=O)Cc1cccc(c1O)C2. The van der Waals surface area contributed by atoms with Crippen molar-refractivity contribution >= 4 is 5.97 Å². The predicted molar refractivity (Wildman–Crippen MR) is 152 cm³/mol. The van der Waals surface area contributed by atoms with Gasteiger partial charge in [-0.05, 0) is 50.9 Å². The van der Waals surface area contributed by atoms with Crippen LogP contribution in [-0.2, 0) is 30.5 Å². The van der Waals surface area contributed by atoms with Gasteiger partial charge in [-0.2, -0.15) is 0 Å². The van der Waals surface area contributed by atoms with Gasteiger partial charge >= 0.3 is 5.97 Å². The fraction of sp³-hybridized carbons (Fsp3) is 0.265. The third kappa shape index (κ3) is 5.78. The highest BCUT2D eigenvalue weighted by Gasteiger charge is 2.20. The van der Waals surface area contributed by atoms with Crippen molar-refractivity contribution in [2.45, 2.75) is 52.4 Å². The number of phenols is 2. The largest absolute Gasteiger partial charge is 0.507 e. The monoisotopic (exact) mass is 522 g/mol. The van der Waals surface area contributed by atoms with Crippen LogP contribution in [-0.4, -0.2) is 22.8 Å². The Morgan fingerprint density at radius 2 is 1.00 bits per heavy atom. The van der Waals surface area contributed by atoms with E-state index in [0.717, 1.165) is 63.1 Å². The van der Waals surface area contributed by atoms with Crippen molar-refractivity contribution in [3.05, 3.63) is 117 Å². The standard InChI is InChI=1S/C34H34O5/c1-3-4-17-38-33-27-13-7-14-28(33)19-24-10-6-12-26(32(24)37)21-30-16-8-15-29(34(30)39-22(2)35)20-25-11-5-9-23(18-27)31(25)36/h5-16,36-37H,3-4,17-21H2,1-2H3. The van der Waals surface area contributed by atoms with Crippen molar-refractivity contribution < 1.29 is 24.5 Å². The number of hydrogen-bond acceptors (Lipinski definition) is 5. The maximum atomic E-state index is 12.1. The summed E-state index contributed by atoms with van der Waals surface area (Å²) < 4.78 is 12.1. The summed E-state index contributed by atoms with van der Waals surface area (Å²) in [7, 11) is 0. The van der Waals surface area contributed by atoms with Gasteiger partial charge in [0.1, 0.15) is 23.0 Å². The van der Waals surface area contributed by atoms with Gasteiger partial charge in [0.2, 0.25) is 0 Å². The Balaban J connectivity index is 1.70. The number of fused-ring (bicyclic) bond motifs is 8. The minimum Gasteiger partial charge on any atom is -0.507 e. The lowest BCUT2D eigenvalue weighted by atomic mass is 9.91. The zero-order valence-corrected chi connectivity index (χ0v) is 22.5. The second-order valence-electron chi connectivity index (χ2n) is 10.2. The van der Waals surface area contributed by atoms with E-state index in [0.29, 0.717) is 38.0 Å². The summed E-state index contributed by atoms with van der Waals surface area (Å²) in [6, 6.07) is 23.4. The van der Waals surface area contributed by atoms with E-state index in [1.807, 2.05) is 72.8 Å². The van der Waals surface area contributed by atoms with Crippen molar-refractivity contribution in [1.29, 1.82) is 0 Å². The summed E-state index contributed by atoms with van der Waals surface area (Å²) in [6.45, 7) is 4.12. The molecule has 0 radical (unpaired) electrons. The lowest BCUT2D eigenvalue weighted by Gasteiger charge is -2.20. The summed E-state index contributed by atoms with van der Waals surface area (Å²) in [5.41, 5.74) is 6.66. The van der Waals surface area contributed by atoms with Gasteiger partial charge in [-0.15, -0.1) is 0 Å². The molecule has 4 aromatic carbocycles. The molecule has 0 amide bonds. The number of esters is 1. The number of carbonyl (C=O) groups excluding carboxylic acids is 1. The van der Waals surface area contributed by atoms with E-state index in [2.05, 4.69) is 6.92 Å². The van der Waals surface area contributed by atoms with Crippen molar-refractivity contribution in [3.8, 4) is 23.0 Å². The lowest BCUT2D eigenvalue weighted by molar-refractivity contribution is -0.132. The van der Waals surface area contributed by atoms with Crippen molar-refractivity contribution in [3.63, 3.8) is 0 Å². The highest BCUT2D eigenvalue weighted by molar-refractivity contribution is 5.71. The summed E-state index contributed by atoms with van der Waals surface area (Å²) in [6.07, 6.45) is 3.75. The Bertz CT molecular complexity index is 1410. The molecule has 0 saturated heterocycles. The minimum absolute atomic E-state index is 0.233. The Labute approximate surface area is 229 Å². The molecule has 1 aliphatic rings. The molecule has 2 N–H and O–H groups in total. The fourth-order valence-electron chi connectivity index (χ4n) is 5.29. The van der Waals surface area contributed by atoms with E-state index in [-0.39, 0.29) is 11.5 Å². The average molecular weight is 523 g/mol. The zero-order valence-electron chi connectivity index (χ0n) is 22.5. The predicted octanol–water partition coefficient (Wildman–Crippen LogP) is 6.88. The second-order valence-corrected chi connectivity index (χ2v) is 10.2. The molecule has 0 spiro atoms. The van der Waals surface area contributed by atoms with Crippen LogP contribution in [0.1, 0.15) is 71.2 Å². The Morgan fingerprint density at radius 3 is 1.36 bits per heavy atom. The molecule has 0 atom stereocenters. The average Bonchev–Trinajstić information content (AvgIpc) is 2.91. The number of unbranched alkanes of at least 4 members (excludes halogenated alkanes) is 1. The zero-order chi connectivity index (χ0) is 27.4. The van der Waals surface area contributed by atoms with E-state index in [4.69, 9.17) is 9.47 Å². The molecular weight excluding hydrogens is 488 g/mol. The van der Waals surface area contributed by atoms with Gasteiger partial charge in [-0.1, -0.05) is 86.1 Å². The van der Waals surface area contributed by atoms with Gasteiger partial charge in [-0.3, -0.25) is 4.79 Å². The Kier molecular flexibility index (Phi) is 7.87. The van der Waals surface area contributed by atoms with Crippen LogP contribution in [0.3, 0.4) is 0 Å². The summed E-state index contributed by atoms with van der Waals surface area (Å²) in [4.78, 5) is 12.1. The molecule has 200 valence electrons. The Hall–Kier alpha value is -4.25. The molecule has 0 heterocycles. The molecular formula is C34H34O5. The van der Waals surface area contributed by atoms with E-state index in [9.17, 15) is 15.0 Å². The number of hydrogen-bond donors (Lipinski definition) is 2. The molecule has 5 rings (SSSR count). The molecule has 0 saturated carbocycles. The lowest BCUT2D eigenvalue weighted by Crippen LogP contribution is -2.08. The highest BCUT2D eigenvalue weighted by atomic mass is 16.5. The van der Waals surface area contributed by atoms with Crippen LogP contribution >= 0.6 is 0 Å². The first-order valence-electron chi connectivity index (χ1n) is 13.6. The number of ether oxygens (including phenoxy) is 2. The topological polar surface area (TPSA) is 76.0 Å². The summed E-state index contributed by atoms with van der Waals surface area (Å²) in [5, 5.41) is 22.7. The third-order valence-corrected chi connectivity index (χ3v) is 7.28. The van der Waals surface area contributed by atoms with Gasteiger partial charge in [0.15, 0.2) is 0 Å². The maximum Gasteiger partial charge on any atom is 0.308 e. The molecule has 5 heteroatoms. The van der Waals surface area contributed by atoms with Crippen molar-refractivity contribution in [1.82, 2.24) is 0 Å². The van der Waals surface area contributed by atoms with E-state index in [1.165, 1.54) is 6.92 Å². The molecule has 0 aromatic heterocycles. The van der Waals surface area contributed by atoms with E-state index >= 15 is 0 Å². The number of para-hydroxylation sites is 4. The van der Waals surface area contributed by atoms with Crippen molar-refractivity contribution in [2.24, 2.45) is 0 Å². The van der Waals surface area contributed by atoms with E-state index < -0.39 is 5.97 Å². The molecule has 39 heavy (non-hydrogen) atoms. The number of phenolic OH excluding ortho intramolecular Hbond substituents is 2. The normalized spacial score (nSPS) is 12.6. The van der Waals surface area contributed by atoms with Crippen LogP contribution in [0, 0.1) is 0 Å². The van der Waals surface area contributed by atoms with Gasteiger partial charge in [-0.25, -0.2) is 0 Å². The van der Waals surface area contributed by atoms with Gasteiger partial charge < -0.3 is 19.7 Å². The van der Waals surface area contributed by atoms with Crippen LogP contribution in [0.25, 0.3) is 0 Å². The molecule has 5 nitrogen and oxygen atoms in total. The second kappa shape index (κ2) is 11.6. The molecule has 0 unspecified atom stereocenters. The molecule has 1 aliphatic carbocycles. The van der Waals surface area contributed by atoms with Crippen LogP contribution < -0.4 is 9.47 Å². The van der Waals surface area contributed by atoms with Crippen molar-refractivity contribution in [2.75, 3.05) is 6.61 Å². The van der Waals surface area contributed by atoms with Gasteiger partial charge in [0.05, 0.1) is 6.61 Å². The first-order valence-corrected chi connectivity index (χ1v) is 13.6. The molecule has 4 aromatic rings. The molecule has 8 bridgehead atoms.